The molecule has 1 aliphatic rings. The fourth-order valence-electron chi connectivity index (χ4n) is 3.13. The van der Waals surface area contributed by atoms with Gasteiger partial charge in [0.15, 0.2) is 0 Å². The Morgan fingerprint density at radius 3 is 2.61 bits per heavy atom. The number of ether oxygens (including phenoxy) is 1. The topological polar surface area (TPSA) is 75.7 Å². The van der Waals surface area contributed by atoms with Crippen molar-refractivity contribution in [3.05, 3.63) is 58.6 Å². The van der Waals surface area contributed by atoms with Gasteiger partial charge in [-0.2, -0.15) is 4.31 Å². The molecule has 6 nitrogen and oxygen atoms in total. The molecule has 0 fully saturated rings. The van der Waals surface area contributed by atoms with Crippen LogP contribution in [0.2, 0.25) is 5.02 Å². The number of carbonyl (C=O) groups excluding carboxylic acids is 1. The first kappa shape index (κ1) is 20.6. The molecule has 1 aliphatic carbocycles. The Hall–Kier alpha value is -2.09. The maximum Gasteiger partial charge on any atom is 0.243 e. The van der Waals surface area contributed by atoms with Gasteiger partial charge in [0.1, 0.15) is 12.4 Å². The Kier molecular flexibility index (Phi) is 6.59. The molecule has 0 radical (unpaired) electrons. The van der Waals surface area contributed by atoms with Gasteiger partial charge in [-0.25, -0.2) is 8.42 Å². The number of nitrogens with one attached hydrogen (secondary N) is 1. The first-order valence-corrected chi connectivity index (χ1v) is 10.9. The van der Waals surface area contributed by atoms with Crippen LogP contribution in [0.25, 0.3) is 0 Å². The van der Waals surface area contributed by atoms with E-state index in [-0.39, 0.29) is 11.4 Å². The van der Waals surface area contributed by atoms with Crippen LogP contribution in [0.5, 0.6) is 5.75 Å². The second-order valence-electron chi connectivity index (χ2n) is 6.70. The van der Waals surface area contributed by atoms with Crippen molar-refractivity contribution >= 4 is 27.5 Å². The number of rotatable bonds is 8. The molecule has 3 rings (SSSR count). The largest absolute Gasteiger partial charge is 0.492 e. The molecule has 0 spiro atoms. The number of amides is 1. The number of benzene rings is 2. The summed E-state index contributed by atoms with van der Waals surface area (Å²) in [6, 6.07) is 11.9. The van der Waals surface area contributed by atoms with Crippen LogP contribution < -0.4 is 10.1 Å². The predicted molar refractivity (Wildman–Crippen MR) is 108 cm³/mol. The maximum atomic E-state index is 12.5. The molecule has 0 bridgehead atoms. The summed E-state index contributed by atoms with van der Waals surface area (Å²) in [5.74, 6) is 0.398. The molecule has 2 aromatic rings. The van der Waals surface area contributed by atoms with Crippen molar-refractivity contribution in [2.45, 2.75) is 24.2 Å². The van der Waals surface area contributed by atoms with Gasteiger partial charge in [0.05, 0.1) is 18.0 Å². The zero-order valence-corrected chi connectivity index (χ0v) is 17.2. The Balaban J connectivity index is 1.44. The van der Waals surface area contributed by atoms with Crippen LogP contribution in [0, 0.1) is 0 Å². The van der Waals surface area contributed by atoms with Gasteiger partial charge >= 0.3 is 0 Å². The van der Waals surface area contributed by atoms with E-state index >= 15 is 0 Å². The lowest BCUT2D eigenvalue weighted by Gasteiger charge is -2.17. The lowest BCUT2D eigenvalue weighted by Crippen LogP contribution is -2.39. The molecule has 2 aromatic carbocycles. The van der Waals surface area contributed by atoms with Gasteiger partial charge in [0, 0.05) is 12.1 Å². The van der Waals surface area contributed by atoms with Crippen molar-refractivity contribution in [1.29, 1.82) is 0 Å². The second-order valence-corrected chi connectivity index (χ2v) is 9.18. The summed E-state index contributed by atoms with van der Waals surface area (Å²) >= 11 is 5.78. The molecule has 0 aliphatic heterocycles. The zero-order chi connectivity index (χ0) is 20.1. The van der Waals surface area contributed by atoms with E-state index < -0.39 is 15.9 Å². The number of nitrogens with zero attached hydrogens (tertiary/aromatic N) is 1. The number of aryl methyl sites for hydroxylation is 2. The van der Waals surface area contributed by atoms with E-state index in [1.807, 2.05) is 6.07 Å². The Labute approximate surface area is 170 Å². The average Bonchev–Trinajstić information content (AvgIpc) is 3.13. The SMILES string of the molecule is CN(CC(=O)NCCOc1ccc2c(c1)CCC2)S(=O)(=O)c1ccc(Cl)cc1. The van der Waals surface area contributed by atoms with Crippen LogP contribution in [-0.4, -0.2) is 45.4 Å². The minimum atomic E-state index is -3.75. The van der Waals surface area contributed by atoms with Gasteiger partial charge in [0.2, 0.25) is 15.9 Å². The Bertz CT molecular complexity index is 945. The van der Waals surface area contributed by atoms with Crippen LogP contribution in [-0.2, 0) is 27.7 Å². The molecule has 0 atom stereocenters. The summed E-state index contributed by atoms with van der Waals surface area (Å²) in [7, 11) is -2.38. The van der Waals surface area contributed by atoms with Gasteiger partial charge in [0.25, 0.3) is 0 Å². The van der Waals surface area contributed by atoms with Crippen molar-refractivity contribution in [2.24, 2.45) is 0 Å². The minimum Gasteiger partial charge on any atom is -0.492 e. The highest BCUT2D eigenvalue weighted by Gasteiger charge is 2.22. The van der Waals surface area contributed by atoms with Gasteiger partial charge in [-0.05, 0) is 66.8 Å². The van der Waals surface area contributed by atoms with Crippen molar-refractivity contribution in [3.63, 3.8) is 0 Å². The smallest absolute Gasteiger partial charge is 0.243 e. The lowest BCUT2D eigenvalue weighted by atomic mass is 10.1. The fourth-order valence-corrected chi connectivity index (χ4v) is 4.38. The van der Waals surface area contributed by atoms with E-state index in [1.54, 1.807) is 0 Å². The van der Waals surface area contributed by atoms with Crippen molar-refractivity contribution in [2.75, 3.05) is 26.7 Å². The number of fused-ring (bicyclic) bond motifs is 1. The molecule has 0 saturated heterocycles. The summed E-state index contributed by atoms with van der Waals surface area (Å²) in [6.07, 6.45) is 3.39. The van der Waals surface area contributed by atoms with Gasteiger partial charge in [-0.3, -0.25) is 4.79 Å². The highest BCUT2D eigenvalue weighted by Crippen LogP contribution is 2.25. The van der Waals surface area contributed by atoms with Gasteiger partial charge in [-0.15, -0.1) is 0 Å². The monoisotopic (exact) mass is 422 g/mol. The highest BCUT2D eigenvalue weighted by molar-refractivity contribution is 7.89. The van der Waals surface area contributed by atoms with E-state index in [0.29, 0.717) is 18.2 Å². The predicted octanol–water partition coefficient (Wildman–Crippen LogP) is 2.64. The lowest BCUT2D eigenvalue weighted by molar-refractivity contribution is -0.121. The molecule has 0 heterocycles. The molecule has 0 saturated carbocycles. The standard InChI is InChI=1S/C20H23ClN2O4S/c1-23(28(25,26)19-9-6-17(21)7-10-19)14-20(24)22-11-12-27-18-8-5-15-3-2-4-16(15)13-18/h5-10,13H,2-4,11-12,14H2,1H3,(H,22,24). The first-order chi connectivity index (χ1) is 13.4. The summed E-state index contributed by atoms with van der Waals surface area (Å²) in [5, 5.41) is 3.12. The average molecular weight is 423 g/mol. The van der Waals surface area contributed by atoms with Crippen molar-refractivity contribution in [1.82, 2.24) is 9.62 Å². The fraction of sp³-hybridized carbons (Fsp3) is 0.350. The summed E-state index contributed by atoms with van der Waals surface area (Å²) in [6.45, 7) is 0.340. The quantitative estimate of drug-likeness (QED) is 0.663. The number of sulfonamides is 1. The molecule has 0 unspecified atom stereocenters. The molecule has 28 heavy (non-hydrogen) atoms. The Morgan fingerprint density at radius 1 is 1.14 bits per heavy atom. The van der Waals surface area contributed by atoms with E-state index in [0.717, 1.165) is 22.9 Å². The van der Waals surface area contributed by atoms with Crippen LogP contribution in [0.3, 0.4) is 0 Å². The first-order valence-electron chi connectivity index (χ1n) is 9.09. The maximum absolute atomic E-state index is 12.5. The van der Waals surface area contributed by atoms with Crippen LogP contribution >= 0.6 is 11.6 Å². The third kappa shape index (κ3) is 5.04. The summed E-state index contributed by atoms with van der Waals surface area (Å²) < 4.78 is 31.6. The van der Waals surface area contributed by atoms with Crippen LogP contribution in [0.4, 0.5) is 0 Å². The van der Waals surface area contributed by atoms with E-state index in [2.05, 4.69) is 17.4 Å². The molecule has 150 valence electrons. The number of likely N-dealkylation sites (N-methyl/N-ethyl adjacent to an activating group) is 1. The summed E-state index contributed by atoms with van der Waals surface area (Å²) in [4.78, 5) is 12.1. The molecule has 1 N–H and O–H groups in total. The van der Waals surface area contributed by atoms with Crippen molar-refractivity contribution < 1.29 is 17.9 Å². The zero-order valence-electron chi connectivity index (χ0n) is 15.7. The summed E-state index contributed by atoms with van der Waals surface area (Å²) in [5.41, 5.74) is 2.71. The number of hydrogen-bond donors (Lipinski definition) is 1. The van der Waals surface area contributed by atoms with Crippen LogP contribution in [0.1, 0.15) is 17.5 Å². The second kappa shape index (κ2) is 8.94. The van der Waals surface area contributed by atoms with E-state index in [1.165, 1.54) is 48.9 Å². The number of hydrogen-bond acceptors (Lipinski definition) is 4. The van der Waals surface area contributed by atoms with Gasteiger partial charge in [-0.1, -0.05) is 17.7 Å². The third-order valence-electron chi connectivity index (χ3n) is 4.65. The highest BCUT2D eigenvalue weighted by atomic mass is 35.5. The Morgan fingerprint density at radius 2 is 1.86 bits per heavy atom. The molecule has 1 amide bonds. The third-order valence-corrected chi connectivity index (χ3v) is 6.72. The molecule has 0 aromatic heterocycles. The van der Waals surface area contributed by atoms with E-state index in [9.17, 15) is 13.2 Å². The molecular formula is C20H23ClN2O4S. The number of halogens is 1. The van der Waals surface area contributed by atoms with Crippen molar-refractivity contribution in [3.8, 4) is 5.75 Å². The molecule has 8 heteroatoms. The molecular weight excluding hydrogens is 400 g/mol. The number of carbonyl (C=O) groups is 1. The normalized spacial score (nSPS) is 13.4. The van der Waals surface area contributed by atoms with Gasteiger partial charge < -0.3 is 10.1 Å². The minimum absolute atomic E-state index is 0.0899. The van der Waals surface area contributed by atoms with Crippen LogP contribution in [0.15, 0.2) is 47.4 Å². The van der Waals surface area contributed by atoms with E-state index in [4.69, 9.17) is 16.3 Å².